The summed E-state index contributed by atoms with van der Waals surface area (Å²) in [5.74, 6) is -0.866. The number of hydrogen-bond donors (Lipinski definition) is 1. The van der Waals surface area contributed by atoms with Gasteiger partial charge in [-0.15, -0.1) is 0 Å². The Morgan fingerprint density at radius 3 is 2.39 bits per heavy atom. The van der Waals surface area contributed by atoms with E-state index >= 15 is 0 Å². The van der Waals surface area contributed by atoms with Gasteiger partial charge in [0.25, 0.3) is 5.91 Å². The van der Waals surface area contributed by atoms with Crippen LogP contribution in [0, 0.1) is 55.7 Å². The van der Waals surface area contributed by atoms with E-state index in [4.69, 9.17) is 4.52 Å². The number of aliphatic hydroxyl groups is 1. The number of carbonyl (C=O) groups excluding carboxylic acids is 3. The molecule has 0 radical (unpaired) electrons. The van der Waals surface area contributed by atoms with Crippen molar-refractivity contribution in [3.05, 3.63) is 41.3 Å². The van der Waals surface area contributed by atoms with Crippen molar-refractivity contribution in [2.24, 2.45) is 44.3 Å². The molecule has 5 aliphatic rings. The van der Waals surface area contributed by atoms with Gasteiger partial charge in [0.05, 0.1) is 17.3 Å². The summed E-state index contributed by atoms with van der Waals surface area (Å²) < 4.78 is 4.89. The van der Waals surface area contributed by atoms with E-state index in [-0.39, 0.29) is 45.7 Å². The van der Waals surface area contributed by atoms with Crippen LogP contribution in [0.1, 0.15) is 104 Å². The minimum atomic E-state index is -1.58. The fourth-order valence-corrected chi connectivity index (χ4v) is 11.1. The molecule has 1 heterocycles. The Bertz CT molecular complexity index is 1550. The fraction of sp³-hybridized carbons (Fsp3) is 0.694. The van der Waals surface area contributed by atoms with Crippen LogP contribution < -0.4 is 0 Å². The quantitative estimate of drug-likeness (QED) is 0.445. The molecule has 3 saturated carbocycles. The van der Waals surface area contributed by atoms with E-state index in [1.54, 1.807) is 18.0 Å². The molecule has 236 valence electrons. The first-order chi connectivity index (χ1) is 20.3. The first-order valence-electron chi connectivity index (χ1n) is 16.2. The molecule has 44 heavy (non-hydrogen) atoms. The average molecular weight is 602 g/mol. The second-order valence-electron chi connectivity index (χ2n) is 16.7. The number of allylic oxidation sites excluding steroid dienone is 3. The van der Waals surface area contributed by atoms with Gasteiger partial charge in [0.1, 0.15) is 17.9 Å². The molecule has 3 fully saturated rings. The van der Waals surface area contributed by atoms with Gasteiger partial charge >= 0.3 is 0 Å². The Morgan fingerprint density at radius 2 is 1.75 bits per heavy atom. The summed E-state index contributed by atoms with van der Waals surface area (Å²) >= 11 is 0. The number of nitriles is 1. The predicted octanol–water partition coefficient (Wildman–Crippen LogP) is 6.08. The zero-order valence-electron chi connectivity index (χ0n) is 27.5. The van der Waals surface area contributed by atoms with Crippen molar-refractivity contribution in [3.8, 4) is 6.07 Å². The highest BCUT2D eigenvalue weighted by Gasteiger charge is 2.75. The van der Waals surface area contributed by atoms with Gasteiger partial charge < -0.3 is 14.5 Å². The summed E-state index contributed by atoms with van der Waals surface area (Å²) in [6, 6.07) is 2.16. The molecular formula is C36H47N3O5. The Balaban J connectivity index is 1.42. The number of hydrogen-bond acceptors (Lipinski definition) is 7. The molecule has 0 bridgehead atoms. The monoisotopic (exact) mass is 601 g/mol. The molecule has 8 atom stereocenters. The van der Waals surface area contributed by atoms with Crippen molar-refractivity contribution < 1.29 is 24.0 Å². The molecule has 0 spiro atoms. The zero-order chi connectivity index (χ0) is 32.3. The average Bonchev–Trinajstić information content (AvgIpc) is 3.50. The Kier molecular flexibility index (Phi) is 6.51. The van der Waals surface area contributed by atoms with Gasteiger partial charge in [-0.25, -0.2) is 0 Å². The molecule has 0 unspecified atom stereocenters. The SMILES string of the molecule is CN(C[C@@]1(C)CC[C@]2(C)CC[C@@]3(C)[C@]4(C)CC[C@H]5C(C)(C)C(=O)C(C#N)=C[C@]5(C)C4=CC(=O)[C@]3(O)[C@@H]2C1)C(=O)c1cnoc1. The minimum Gasteiger partial charge on any atom is -0.381 e. The van der Waals surface area contributed by atoms with Gasteiger partial charge in [0, 0.05) is 35.8 Å². The van der Waals surface area contributed by atoms with Gasteiger partial charge in [-0.05, 0) is 78.8 Å². The highest BCUT2D eigenvalue weighted by Crippen LogP contribution is 2.75. The lowest BCUT2D eigenvalue weighted by Crippen LogP contribution is -2.74. The largest absolute Gasteiger partial charge is 0.381 e. The standard InChI is InChI=1S/C36H47N3O5/c1-30(2)24-9-10-34(6)25(33(24,5)16-22(18-37)28(30)41)15-27(40)36(43)26-17-31(3,11-12-32(26,4)13-14-35(34,36)7)21-39(8)29(42)23-19-38-44-20-23/h15-16,19-20,24,26,43H,9-14,17,21H2,1-8H3/t24-,26+,31-,32+,33-,34+,35-,36+/m0/s1. The van der Waals surface area contributed by atoms with Gasteiger partial charge in [0.15, 0.2) is 11.6 Å². The third-order valence-corrected chi connectivity index (χ3v) is 14.0. The van der Waals surface area contributed by atoms with Gasteiger partial charge in [0.2, 0.25) is 0 Å². The molecule has 6 rings (SSSR count). The first-order valence-corrected chi connectivity index (χ1v) is 16.2. The van der Waals surface area contributed by atoms with E-state index in [0.717, 1.165) is 44.1 Å². The maximum Gasteiger partial charge on any atom is 0.258 e. The predicted molar refractivity (Wildman–Crippen MR) is 164 cm³/mol. The van der Waals surface area contributed by atoms with Crippen LogP contribution in [0.4, 0.5) is 0 Å². The van der Waals surface area contributed by atoms with Crippen molar-refractivity contribution in [1.29, 1.82) is 5.26 Å². The number of Topliss-reactive ketones (excluding diaryl/α,β-unsaturated/α-hetero) is 1. The van der Waals surface area contributed by atoms with Crippen molar-refractivity contribution in [2.75, 3.05) is 13.6 Å². The molecule has 8 heteroatoms. The molecule has 1 amide bonds. The Labute approximate surface area is 260 Å². The topological polar surface area (TPSA) is 124 Å². The molecule has 5 aliphatic carbocycles. The van der Waals surface area contributed by atoms with E-state index in [9.17, 15) is 24.8 Å². The van der Waals surface area contributed by atoms with Crippen LogP contribution in [0.3, 0.4) is 0 Å². The molecule has 1 N–H and O–H groups in total. The Hall–Kier alpha value is -3.05. The summed E-state index contributed by atoms with van der Waals surface area (Å²) in [5.41, 5.74) is -3.19. The van der Waals surface area contributed by atoms with E-state index in [1.165, 1.54) is 12.5 Å². The summed E-state index contributed by atoms with van der Waals surface area (Å²) in [6.07, 6.45) is 11.9. The molecule has 8 nitrogen and oxygen atoms in total. The Morgan fingerprint density at radius 1 is 1.07 bits per heavy atom. The van der Waals surface area contributed by atoms with Crippen LogP contribution >= 0.6 is 0 Å². The number of ketones is 2. The second-order valence-corrected chi connectivity index (χ2v) is 16.7. The first kappa shape index (κ1) is 31.0. The highest BCUT2D eigenvalue weighted by molar-refractivity contribution is 6.05. The smallest absolute Gasteiger partial charge is 0.258 e. The summed E-state index contributed by atoms with van der Waals surface area (Å²) in [4.78, 5) is 42.8. The third-order valence-electron chi connectivity index (χ3n) is 14.0. The number of fused-ring (bicyclic) bond motifs is 7. The lowest BCUT2D eigenvalue weighted by Gasteiger charge is -2.71. The number of aromatic nitrogens is 1. The summed E-state index contributed by atoms with van der Waals surface area (Å²) in [7, 11) is 1.79. The number of nitrogens with zero attached hydrogens (tertiary/aromatic N) is 3. The highest BCUT2D eigenvalue weighted by atomic mass is 16.5. The number of carbonyl (C=O) groups is 3. The molecule has 1 aromatic rings. The molecule has 0 aromatic carbocycles. The van der Waals surface area contributed by atoms with Crippen molar-refractivity contribution in [2.45, 2.75) is 99.0 Å². The van der Waals surface area contributed by atoms with E-state index < -0.39 is 27.3 Å². The third kappa shape index (κ3) is 3.71. The van der Waals surface area contributed by atoms with Crippen LogP contribution in [-0.4, -0.2) is 51.8 Å². The molecule has 0 aliphatic heterocycles. The van der Waals surface area contributed by atoms with Crippen LogP contribution in [-0.2, 0) is 9.59 Å². The minimum absolute atomic E-state index is 0.0492. The summed E-state index contributed by atoms with van der Waals surface area (Å²) in [5, 5.41) is 26.7. The van der Waals surface area contributed by atoms with Gasteiger partial charge in [-0.1, -0.05) is 59.7 Å². The van der Waals surface area contributed by atoms with Gasteiger partial charge in [-0.2, -0.15) is 5.26 Å². The molecule has 1 aromatic heterocycles. The number of rotatable bonds is 3. The fourth-order valence-electron chi connectivity index (χ4n) is 11.1. The van der Waals surface area contributed by atoms with E-state index in [1.807, 2.05) is 19.9 Å². The van der Waals surface area contributed by atoms with Crippen molar-refractivity contribution in [1.82, 2.24) is 10.1 Å². The van der Waals surface area contributed by atoms with E-state index in [2.05, 4.69) is 45.8 Å². The number of amides is 1. The van der Waals surface area contributed by atoms with Crippen LogP contribution in [0.5, 0.6) is 0 Å². The normalized spacial score (nSPS) is 44.2. The van der Waals surface area contributed by atoms with Gasteiger partial charge in [-0.3, -0.25) is 14.4 Å². The lowest BCUT2D eigenvalue weighted by atomic mass is 9.33. The molecular weight excluding hydrogens is 554 g/mol. The maximum atomic E-state index is 14.7. The molecule has 0 saturated heterocycles. The lowest BCUT2D eigenvalue weighted by molar-refractivity contribution is -0.243. The second kappa shape index (κ2) is 9.25. The zero-order valence-corrected chi connectivity index (χ0v) is 27.5. The summed E-state index contributed by atoms with van der Waals surface area (Å²) in [6.45, 7) is 15.2. The van der Waals surface area contributed by atoms with Crippen molar-refractivity contribution in [3.63, 3.8) is 0 Å². The van der Waals surface area contributed by atoms with Crippen LogP contribution in [0.25, 0.3) is 0 Å². The van der Waals surface area contributed by atoms with Crippen LogP contribution in [0.2, 0.25) is 0 Å². The van der Waals surface area contributed by atoms with E-state index in [0.29, 0.717) is 18.5 Å². The van der Waals surface area contributed by atoms with Crippen LogP contribution in [0.15, 0.2) is 40.3 Å². The van der Waals surface area contributed by atoms with Crippen molar-refractivity contribution >= 4 is 17.5 Å². The maximum absolute atomic E-state index is 14.7.